The van der Waals surface area contributed by atoms with Gasteiger partial charge in [0.1, 0.15) is 5.75 Å². The minimum Gasteiger partial charge on any atom is -0.497 e. The SMILES string of the molecule is COc1ccc(CNC(=O)C2CCCN(Cc3nc(-c4ccc(OC)c(OC)c4)no3)C2)cc1. The molecule has 0 saturated carbocycles. The topological polar surface area (TPSA) is 99.0 Å². The molecule has 1 unspecified atom stereocenters. The number of hydrogen-bond acceptors (Lipinski definition) is 8. The van der Waals surface area contributed by atoms with Crippen LogP contribution in [0.4, 0.5) is 0 Å². The van der Waals surface area contributed by atoms with Crippen LogP contribution >= 0.6 is 0 Å². The summed E-state index contributed by atoms with van der Waals surface area (Å²) in [7, 11) is 4.81. The van der Waals surface area contributed by atoms with Gasteiger partial charge in [0.15, 0.2) is 11.5 Å². The van der Waals surface area contributed by atoms with E-state index in [9.17, 15) is 4.79 Å². The lowest BCUT2D eigenvalue weighted by Gasteiger charge is -2.30. The monoisotopic (exact) mass is 466 g/mol. The number of rotatable bonds is 9. The molecule has 3 aromatic rings. The highest BCUT2D eigenvalue weighted by Gasteiger charge is 2.27. The van der Waals surface area contributed by atoms with E-state index in [0.29, 0.717) is 42.8 Å². The van der Waals surface area contributed by atoms with Crippen molar-refractivity contribution in [2.45, 2.75) is 25.9 Å². The van der Waals surface area contributed by atoms with Crippen LogP contribution in [0.3, 0.4) is 0 Å². The molecule has 0 radical (unpaired) electrons. The zero-order chi connectivity index (χ0) is 23.9. The Morgan fingerprint density at radius 2 is 1.88 bits per heavy atom. The molecule has 1 amide bonds. The van der Waals surface area contributed by atoms with Crippen molar-refractivity contribution in [1.29, 1.82) is 0 Å². The summed E-state index contributed by atoms with van der Waals surface area (Å²) in [5.74, 6) is 3.04. The molecule has 1 fully saturated rings. The number of ether oxygens (including phenoxy) is 3. The minimum absolute atomic E-state index is 0.0667. The Balaban J connectivity index is 1.32. The molecule has 180 valence electrons. The molecule has 1 aromatic heterocycles. The maximum Gasteiger partial charge on any atom is 0.241 e. The van der Waals surface area contributed by atoms with Crippen molar-refractivity contribution in [1.82, 2.24) is 20.4 Å². The lowest BCUT2D eigenvalue weighted by atomic mass is 9.97. The van der Waals surface area contributed by atoms with Gasteiger partial charge in [0.25, 0.3) is 0 Å². The van der Waals surface area contributed by atoms with Gasteiger partial charge in [0.05, 0.1) is 33.8 Å². The molecule has 1 atom stereocenters. The third kappa shape index (κ3) is 5.66. The van der Waals surface area contributed by atoms with Gasteiger partial charge >= 0.3 is 0 Å². The predicted octanol–water partition coefficient (Wildman–Crippen LogP) is 3.29. The first kappa shape index (κ1) is 23.6. The van der Waals surface area contributed by atoms with Gasteiger partial charge in [-0.25, -0.2) is 0 Å². The first-order valence-electron chi connectivity index (χ1n) is 11.3. The van der Waals surface area contributed by atoms with Gasteiger partial charge in [0, 0.05) is 18.7 Å². The smallest absolute Gasteiger partial charge is 0.241 e. The molecular formula is C25H30N4O5. The van der Waals surface area contributed by atoms with E-state index >= 15 is 0 Å². The molecule has 2 aromatic carbocycles. The lowest BCUT2D eigenvalue weighted by Crippen LogP contribution is -2.42. The van der Waals surface area contributed by atoms with Crippen LogP contribution < -0.4 is 19.5 Å². The number of amides is 1. The van der Waals surface area contributed by atoms with Crippen LogP contribution in [0.5, 0.6) is 17.2 Å². The lowest BCUT2D eigenvalue weighted by molar-refractivity contribution is -0.127. The van der Waals surface area contributed by atoms with Crippen molar-refractivity contribution in [2.75, 3.05) is 34.4 Å². The minimum atomic E-state index is -0.0692. The van der Waals surface area contributed by atoms with Crippen LogP contribution in [0.15, 0.2) is 47.0 Å². The first-order valence-corrected chi connectivity index (χ1v) is 11.3. The van der Waals surface area contributed by atoms with E-state index in [2.05, 4.69) is 20.4 Å². The van der Waals surface area contributed by atoms with Crippen molar-refractivity contribution < 1.29 is 23.5 Å². The molecule has 0 bridgehead atoms. The van der Waals surface area contributed by atoms with E-state index in [-0.39, 0.29) is 11.8 Å². The fraction of sp³-hybridized carbons (Fsp3) is 0.400. The largest absolute Gasteiger partial charge is 0.497 e. The van der Waals surface area contributed by atoms with Crippen molar-refractivity contribution in [3.8, 4) is 28.6 Å². The number of nitrogens with one attached hydrogen (secondary N) is 1. The second-order valence-corrected chi connectivity index (χ2v) is 8.22. The maximum absolute atomic E-state index is 12.8. The Kier molecular flexibility index (Phi) is 7.64. The summed E-state index contributed by atoms with van der Waals surface area (Å²) in [6.45, 7) is 2.54. The number of nitrogens with zero attached hydrogens (tertiary/aromatic N) is 3. The molecule has 1 saturated heterocycles. The summed E-state index contributed by atoms with van der Waals surface area (Å²) in [5, 5.41) is 7.17. The summed E-state index contributed by atoms with van der Waals surface area (Å²) in [6.07, 6.45) is 1.81. The number of methoxy groups -OCH3 is 3. The number of hydrogen-bond donors (Lipinski definition) is 1. The van der Waals surface area contributed by atoms with Crippen LogP contribution in [0.2, 0.25) is 0 Å². The van der Waals surface area contributed by atoms with Gasteiger partial charge in [0.2, 0.25) is 17.6 Å². The molecule has 34 heavy (non-hydrogen) atoms. The quantitative estimate of drug-likeness (QED) is 0.513. The van der Waals surface area contributed by atoms with E-state index in [1.165, 1.54) is 0 Å². The highest BCUT2D eigenvalue weighted by molar-refractivity contribution is 5.79. The fourth-order valence-electron chi connectivity index (χ4n) is 4.09. The van der Waals surface area contributed by atoms with E-state index < -0.39 is 0 Å². The number of piperidine rings is 1. The van der Waals surface area contributed by atoms with E-state index in [0.717, 1.165) is 36.3 Å². The number of carbonyl (C=O) groups excluding carboxylic acids is 1. The third-order valence-corrected chi connectivity index (χ3v) is 5.97. The molecule has 9 heteroatoms. The van der Waals surface area contributed by atoms with Gasteiger partial charge < -0.3 is 24.1 Å². The molecule has 2 heterocycles. The Bertz CT molecular complexity index is 1100. The van der Waals surface area contributed by atoms with Gasteiger partial charge in [-0.1, -0.05) is 17.3 Å². The van der Waals surface area contributed by atoms with E-state index in [1.807, 2.05) is 42.5 Å². The highest BCUT2D eigenvalue weighted by Crippen LogP contribution is 2.31. The molecule has 0 aliphatic carbocycles. The van der Waals surface area contributed by atoms with Gasteiger partial charge in [-0.05, 0) is 55.3 Å². The van der Waals surface area contributed by atoms with Crippen LogP contribution in [0, 0.1) is 5.92 Å². The molecule has 4 rings (SSSR count). The number of aromatic nitrogens is 2. The van der Waals surface area contributed by atoms with Crippen LogP contribution in [0.25, 0.3) is 11.4 Å². The normalized spacial score (nSPS) is 16.1. The second-order valence-electron chi connectivity index (χ2n) is 8.22. The third-order valence-electron chi connectivity index (χ3n) is 5.97. The van der Waals surface area contributed by atoms with Gasteiger partial charge in [-0.15, -0.1) is 0 Å². The van der Waals surface area contributed by atoms with Crippen molar-refractivity contribution in [2.24, 2.45) is 5.92 Å². The fourth-order valence-corrected chi connectivity index (χ4v) is 4.09. The molecule has 9 nitrogen and oxygen atoms in total. The Hall–Kier alpha value is -3.59. The summed E-state index contributed by atoms with van der Waals surface area (Å²) >= 11 is 0. The summed E-state index contributed by atoms with van der Waals surface area (Å²) in [5.41, 5.74) is 1.82. The number of benzene rings is 2. The van der Waals surface area contributed by atoms with Gasteiger partial charge in [-0.3, -0.25) is 9.69 Å². The molecule has 1 aliphatic rings. The zero-order valence-corrected chi connectivity index (χ0v) is 19.7. The second kappa shape index (κ2) is 11.0. The maximum atomic E-state index is 12.8. The van der Waals surface area contributed by atoms with Crippen LogP contribution in [0.1, 0.15) is 24.3 Å². The average molecular weight is 467 g/mol. The number of likely N-dealkylation sites (tertiary alicyclic amines) is 1. The number of carbonyl (C=O) groups is 1. The Labute approximate surface area is 199 Å². The molecule has 1 N–H and O–H groups in total. The van der Waals surface area contributed by atoms with Crippen molar-refractivity contribution in [3.05, 3.63) is 53.9 Å². The summed E-state index contributed by atoms with van der Waals surface area (Å²) in [4.78, 5) is 19.5. The highest BCUT2D eigenvalue weighted by atomic mass is 16.5. The van der Waals surface area contributed by atoms with Crippen LogP contribution in [-0.4, -0.2) is 55.4 Å². The van der Waals surface area contributed by atoms with E-state index in [1.54, 1.807) is 21.3 Å². The average Bonchev–Trinajstić information content (AvgIpc) is 3.35. The van der Waals surface area contributed by atoms with E-state index in [4.69, 9.17) is 18.7 Å². The summed E-state index contributed by atoms with van der Waals surface area (Å²) in [6, 6.07) is 13.2. The van der Waals surface area contributed by atoms with Crippen molar-refractivity contribution >= 4 is 5.91 Å². The predicted molar refractivity (Wildman–Crippen MR) is 126 cm³/mol. The molecular weight excluding hydrogens is 436 g/mol. The van der Waals surface area contributed by atoms with Crippen LogP contribution in [-0.2, 0) is 17.9 Å². The standard InChI is InChI=1S/C25H30N4O5/c1-31-20-9-6-17(7-10-20)14-26-25(30)19-5-4-12-29(15-19)16-23-27-24(28-34-23)18-8-11-21(32-2)22(13-18)33-3/h6-11,13,19H,4-5,12,14-16H2,1-3H3,(H,26,30). The van der Waals surface area contributed by atoms with Crippen molar-refractivity contribution in [3.63, 3.8) is 0 Å². The van der Waals surface area contributed by atoms with Gasteiger partial charge in [-0.2, -0.15) is 4.98 Å². The summed E-state index contributed by atoms with van der Waals surface area (Å²) < 4.78 is 21.3. The zero-order valence-electron chi connectivity index (χ0n) is 19.7. The molecule has 1 aliphatic heterocycles. The Morgan fingerprint density at radius 1 is 1.09 bits per heavy atom. The Morgan fingerprint density at radius 3 is 2.62 bits per heavy atom. The molecule has 0 spiro atoms. The first-order chi connectivity index (χ1) is 16.6.